The van der Waals surface area contributed by atoms with Crippen molar-refractivity contribution in [2.45, 2.75) is 18.2 Å². The van der Waals surface area contributed by atoms with Crippen molar-refractivity contribution in [1.29, 1.82) is 0 Å². The topological polar surface area (TPSA) is 0 Å². The van der Waals surface area contributed by atoms with E-state index in [0.29, 0.717) is 0 Å². The van der Waals surface area contributed by atoms with Crippen molar-refractivity contribution >= 4 is 26.7 Å². The van der Waals surface area contributed by atoms with Crippen molar-refractivity contribution in [2.75, 3.05) is 0 Å². The Morgan fingerprint density at radius 3 is 3.07 bits per heavy atom. The first-order valence-corrected chi connectivity index (χ1v) is 8.46. The minimum absolute atomic E-state index is 0.777. The molecule has 0 N–H and O–H groups in total. The molecule has 2 aliphatic carbocycles. The van der Waals surface area contributed by atoms with Gasteiger partial charge in [-0.25, -0.2) is 0 Å². The van der Waals surface area contributed by atoms with Crippen LogP contribution in [0.1, 0.15) is 13.3 Å². The molecule has 4 rings (SSSR count). The number of rotatable bonds is 0. The molecule has 0 saturated heterocycles. The summed E-state index contributed by atoms with van der Waals surface area (Å²) in [7, 11) is 0. The molecule has 0 radical (unpaired) electrons. The zero-order valence-electron chi connectivity index (χ0n) is 8.72. The van der Waals surface area contributed by atoms with E-state index in [9.17, 15) is 0 Å². The van der Waals surface area contributed by atoms with E-state index in [4.69, 9.17) is 0 Å². The van der Waals surface area contributed by atoms with Gasteiger partial charge in [0.25, 0.3) is 0 Å². The molecule has 0 aromatic rings. The number of fused-ring (bicyclic) bond motifs is 7. The van der Waals surface area contributed by atoms with Crippen molar-refractivity contribution in [2.24, 2.45) is 23.7 Å². The van der Waals surface area contributed by atoms with Gasteiger partial charge in [-0.2, -0.15) is 0 Å². The van der Waals surface area contributed by atoms with Crippen LogP contribution in [0.4, 0.5) is 0 Å². The maximum atomic E-state index is 2.51. The molecule has 2 heterocycles. The van der Waals surface area contributed by atoms with Crippen molar-refractivity contribution in [1.82, 2.24) is 0 Å². The molecule has 0 unspecified atom stereocenters. The summed E-state index contributed by atoms with van der Waals surface area (Å²) in [5, 5.41) is 2.33. The van der Waals surface area contributed by atoms with Crippen molar-refractivity contribution < 1.29 is 0 Å². The Balaban J connectivity index is 1.81. The molecule has 2 bridgehead atoms. The molecule has 0 spiro atoms. The van der Waals surface area contributed by atoms with Crippen LogP contribution < -0.4 is 0 Å². The SMILES string of the molecule is CC1=C2SC=C[C@@H]2[C@@H]2[C@H]([Se]1)[C@H]1C=C[C@@H]2C1. The quantitative estimate of drug-likeness (QED) is 0.484. The Morgan fingerprint density at radius 2 is 2.13 bits per heavy atom. The first kappa shape index (κ1) is 9.15. The van der Waals surface area contributed by atoms with E-state index in [2.05, 4.69) is 30.6 Å². The molecule has 5 atom stereocenters. The molecule has 0 amide bonds. The Morgan fingerprint density at radius 1 is 1.27 bits per heavy atom. The fourth-order valence-corrected chi connectivity index (χ4v) is 8.49. The molecule has 0 aromatic carbocycles. The van der Waals surface area contributed by atoms with E-state index in [-0.39, 0.29) is 0 Å². The van der Waals surface area contributed by atoms with Gasteiger partial charge in [0, 0.05) is 0 Å². The van der Waals surface area contributed by atoms with Crippen LogP contribution in [-0.4, -0.2) is 15.0 Å². The van der Waals surface area contributed by atoms with E-state index >= 15 is 0 Å². The van der Waals surface area contributed by atoms with Gasteiger partial charge in [0.05, 0.1) is 0 Å². The molecule has 78 valence electrons. The van der Waals surface area contributed by atoms with Crippen LogP contribution in [0.25, 0.3) is 0 Å². The molecular formula is C13H14SSe. The van der Waals surface area contributed by atoms with E-state index in [1.165, 1.54) is 6.42 Å². The van der Waals surface area contributed by atoms with E-state index < -0.39 is 0 Å². The molecule has 1 saturated carbocycles. The van der Waals surface area contributed by atoms with Gasteiger partial charge in [-0.05, 0) is 0 Å². The Hall–Kier alpha value is 0.0895. The molecule has 0 aromatic heterocycles. The normalized spacial score (nSPS) is 50.1. The van der Waals surface area contributed by atoms with Gasteiger partial charge in [-0.15, -0.1) is 0 Å². The molecule has 2 aliphatic heterocycles. The van der Waals surface area contributed by atoms with Crippen LogP contribution in [0.15, 0.2) is 33.0 Å². The van der Waals surface area contributed by atoms with Crippen LogP contribution in [0.2, 0.25) is 4.82 Å². The first-order chi connectivity index (χ1) is 7.34. The van der Waals surface area contributed by atoms with Gasteiger partial charge in [0.15, 0.2) is 0 Å². The molecule has 1 fully saturated rings. The van der Waals surface area contributed by atoms with E-state index in [1.807, 2.05) is 11.8 Å². The van der Waals surface area contributed by atoms with Gasteiger partial charge < -0.3 is 0 Å². The summed E-state index contributed by atoms with van der Waals surface area (Å²) < 4.78 is 1.74. The number of hydrogen-bond donors (Lipinski definition) is 0. The summed E-state index contributed by atoms with van der Waals surface area (Å²) in [6, 6.07) is 0. The fourth-order valence-electron chi connectivity index (χ4n) is 3.70. The standard InChI is InChI=1S/C13H14SSe/c1-7-12-10(4-5-14-12)11-8-2-3-9(6-8)13(11)15-7/h2-5,8-11,13H,6H2,1H3/t8-,9+,10-,11-,13-/m1/s1. The van der Waals surface area contributed by atoms with Crippen molar-refractivity contribution in [3.05, 3.63) is 33.0 Å². The van der Waals surface area contributed by atoms with E-state index in [1.54, 1.807) is 9.38 Å². The van der Waals surface area contributed by atoms with Crippen LogP contribution in [0.5, 0.6) is 0 Å². The van der Waals surface area contributed by atoms with Crippen LogP contribution >= 0.6 is 11.8 Å². The van der Waals surface area contributed by atoms with Gasteiger partial charge in [0.1, 0.15) is 0 Å². The van der Waals surface area contributed by atoms with Gasteiger partial charge >= 0.3 is 102 Å². The Bertz CT molecular complexity index is 407. The second-order valence-electron chi connectivity index (χ2n) is 5.00. The summed E-state index contributed by atoms with van der Waals surface area (Å²) in [6.45, 7) is 2.38. The molecule has 15 heavy (non-hydrogen) atoms. The fraction of sp³-hybridized carbons (Fsp3) is 0.538. The average molecular weight is 281 g/mol. The Kier molecular flexibility index (Phi) is 1.87. The summed E-state index contributed by atoms with van der Waals surface area (Å²) in [5.41, 5.74) is 0. The van der Waals surface area contributed by atoms with Gasteiger partial charge in [0.2, 0.25) is 0 Å². The van der Waals surface area contributed by atoms with Crippen LogP contribution in [0.3, 0.4) is 0 Å². The summed E-state index contributed by atoms with van der Waals surface area (Å²) in [6.07, 6.45) is 8.96. The number of allylic oxidation sites excluding steroid dienone is 5. The zero-order valence-corrected chi connectivity index (χ0v) is 11.2. The summed E-state index contributed by atoms with van der Waals surface area (Å²) in [4.78, 5) is 2.75. The monoisotopic (exact) mass is 282 g/mol. The molecule has 2 heteroatoms. The minimum atomic E-state index is 0.777. The van der Waals surface area contributed by atoms with Gasteiger partial charge in [-0.3, -0.25) is 0 Å². The third kappa shape index (κ3) is 1.11. The maximum absolute atomic E-state index is 2.51. The predicted octanol–water partition coefficient (Wildman–Crippen LogP) is 3.42. The third-order valence-electron chi connectivity index (χ3n) is 4.30. The second-order valence-corrected chi connectivity index (χ2v) is 8.87. The average Bonchev–Trinajstić information content (AvgIpc) is 2.91. The zero-order chi connectivity index (χ0) is 9.99. The second kappa shape index (κ2) is 3.06. The number of hydrogen-bond acceptors (Lipinski definition) is 1. The van der Waals surface area contributed by atoms with Crippen LogP contribution in [0, 0.1) is 23.7 Å². The summed E-state index contributed by atoms with van der Waals surface area (Å²) in [5.74, 6) is 3.63. The van der Waals surface area contributed by atoms with Gasteiger partial charge in [-0.1, -0.05) is 0 Å². The van der Waals surface area contributed by atoms with Crippen LogP contribution in [-0.2, 0) is 0 Å². The molecular weight excluding hydrogens is 267 g/mol. The van der Waals surface area contributed by atoms with Crippen molar-refractivity contribution in [3.8, 4) is 0 Å². The molecule has 0 nitrogen and oxygen atoms in total. The molecule has 4 aliphatic rings. The van der Waals surface area contributed by atoms with E-state index in [0.717, 1.165) is 43.4 Å². The first-order valence-electron chi connectivity index (χ1n) is 5.73. The van der Waals surface area contributed by atoms with Crippen molar-refractivity contribution in [3.63, 3.8) is 0 Å². The number of thioether (sulfide) groups is 1. The third-order valence-corrected chi connectivity index (χ3v) is 8.89. The Labute approximate surface area is 101 Å². The predicted molar refractivity (Wildman–Crippen MR) is 66.7 cm³/mol. The summed E-state index contributed by atoms with van der Waals surface area (Å²) >= 11 is 2.78.